The first-order valence-electron chi connectivity index (χ1n) is 7.87. The van der Waals surface area contributed by atoms with Gasteiger partial charge >= 0.3 is 0 Å². The van der Waals surface area contributed by atoms with Crippen LogP contribution in [0.4, 0.5) is 5.82 Å². The van der Waals surface area contributed by atoms with Crippen LogP contribution in [0.15, 0.2) is 64.9 Å². The molecule has 24 heavy (non-hydrogen) atoms. The van der Waals surface area contributed by atoms with Crippen molar-refractivity contribution in [2.75, 3.05) is 5.32 Å². The highest BCUT2D eigenvalue weighted by Gasteiger charge is 2.30. The van der Waals surface area contributed by atoms with Crippen LogP contribution in [0.5, 0.6) is 0 Å². The van der Waals surface area contributed by atoms with Gasteiger partial charge in [-0.3, -0.25) is 4.79 Å². The summed E-state index contributed by atoms with van der Waals surface area (Å²) in [6.45, 7) is 2.02. The number of rotatable bonds is 3. The summed E-state index contributed by atoms with van der Waals surface area (Å²) in [6, 6.07) is 13.5. The number of nitrogens with one attached hydrogen (secondary N) is 1. The Hall–Kier alpha value is -3.08. The number of amides is 1. The van der Waals surface area contributed by atoms with Crippen molar-refractivity contribution in [3.63, 3.8) is 0 Å². The molecule has 5 heteroatoms. The maximum Gasteiger partial charge on any atom is 0.226 e. The number of carbonyl (C=O) groups is 1. The zero-order valence-electron chi connectivity index (χ0n) is 13.3. The van der Waals surface area contributed by atoms with Crippen LogP contribution in [-0.2, 0) is 4.79 Å². The van der Waals surface area contributed by atoms with Gasteiger partial charge in [0.25, 0.3) is 0 Å². The van der Waals surface area contributed by atoms with E-state index in [-0.39, 0.29) is 11.8 Å². The van der Waals surface area contributed by atoms with Gasteiger partial charge in [0.05, 0.1) is 18.1 Å². The molecule has 0 radical (unpaired) electrons. The van der Waals surface area contributed by atoms with E-state index in [9.17, 15) is 4.79 Å². The van der Waals surface area contributed by atoms with Crippen LogP contribution in [0.2, 0.25) is 0 Å². The van der Waals surface area contributed by atoms with Gasteiger partial charge in [0.1, 0.15) is 11.6 Å². The topological polar surface area (TPSA) is 60.1 Å². The number of benzene rings is 1. The fraction of sp³-hybridized carbons (Fsp3) is 0.158. The minimum absolute atomic E-state index is 0.00243. The number of aromatic nitrogens is 2. The van der Waals surface area contributed by atoms with Crippen LogP contribution in [-0.4, -0.2) is 15.7 Å². The van der Waals surface area contributed by atoms with E-state index in [1.54, 1.807) is 10.9 Å². The Labute approximate surface area is 139 Å². The largest absolute Gasteiger partial charge is 0.465 e. The van der Waals surface area contributed by atoms with E-state index < -0.39 is 0 Å². The van der Waals surface area contributed by atoms with Crippen LogP contribution < -0.4 is 5.32 Å². The van der Waals surface area contributed by atoms with E-state index in [2.05, 4.69) is 10.4 Å². The monoisotopic (exact) mass is 319 g/mol. The number of anilines is 1. The van der Waals surface area contributed by atoms with Crippen LogP contribution in [0, 0.1) is 0 Å². The highest BCUT2D eigenvalue weighted by atomic mass is 16.3. The maximum atomic E-state index is 12.2. The molecule has 0 fully saturated rings. The molecule has 0 saturated carbocycles. The minimum atomic E-state index is -0.00341. The second-order valence-corrected chi connectivity index (χ2v) is 5.90. The van der Waals surface area contributed by atoms with Gasteiger partial charge in [-0.25, -0.2) is 4.68 Å². The summed E-state index contributed by atoms with van der Waals surface area (Å²) in [7, 11) is 0. The summed E-state index contributed by atoms with van der Waals surface area (Å²) in [5, 5.41) is 7.45. The standard InChI is InChI=1S/C19H17N3O2/c1-13(10-15-8-5-9-24-15)16-11-18(23)21-19-17(16)12-20-22(19)14-6-3-2-4-7-14/h2-10,12,16H,11H2,1H3,(H,21,23)/b13-10+. The van der Waals surface area contributed by atoms with Crippen molar-refractivity contribution in [2.45, 2.75) is 19.3 Å². The molecule has 3 heterocycles. The first-order chi connectivity index (χ1) is 11.7. The third kappa shape index (κ3) is 2.54. The summed E-state index contributed by atoms with van der Waals surface area (Å²) >= 11 is 0. The van der Waals surface area contributed by atoms with Gasteiger partial charge in [-0.05, 0) is 37.3 Å². The Morgan fingerprint density at radius 1 is 1.29 bits per heavy atom. The van der Waals surface area contributed by atoms with Gasteiger partial charge < -0.3 is 9.73 Å². The number of para-hydroxylation sites is 1. The lowest BCUT2D eigenvalue weighted by molar-refractivity contribution is -0.116. The number of carbonyl (C=O) groups excluding carboxylic acids is 1. The van der Waals surface area contributed by atoms with Crippen LogP contribution in [0.1, 0.15) is 30.6 Å². The average Bonchev–Trinajstić information content (AvgIpc) is 3.24. The van der Waals surface area contributed by atoms with Gasteiger partial charge in [-0.2, -0.15) is 5.10 Å². The second-order valence-electron chi connectivity index (χ2n) is 5.90. The van der Waals surface area contributed by atoms with Crippen LogP contribution >= 0.6 is 0 Å². The molecule has 1 N–H and O–H groups in total. The van der Waals surface area contributed by atoms with Crippen molar-refractivity contribution in [1.82, 2.24) is 9.78 Å². The highest BCUT2D eigenvalue weighted by Crippen LogP contribution is 2.38. The third-order valence-electron chi connectivity index (χ3n) is 4.28. The van der Waals surface area contributed by atoms with Gasteiger partial charge in [0.15, 0.2) is 0 Å². The molecule has 120 valence electrons. The quantitative estimate of drug-likeness (QED) is 0.794. The molecule has 1 unspecified atom stereocenters. The fourth-order valence-corrected chi connectivity index (χ4v) is 3.09. The van der Waals surface area contributed by atoms with Crippen molar-refractivity contribution in [3.05, 3.63) is 71.8 Å². The molecule has 0 saturated heterocycles. The van der Waals surface area contributed by atoms with Gasteiger partial charge in [-0.1, -0.05) is 23.8 Å². The Morgan fingerprint density at radius 2 is 2.12 bits per heavy atom. The van der Waals surface area contributed by atoms with Crippen molar-refractivity contribution in [3.8, 4) is 5.69 Å². The van der Waals surface area contributed by atoms with Crippen LogP contribution in [0.3, 0.4) is 0 Å². The third-order valence-corrected chi connectivity index (χ3v) is 4.28. The lowest BCUT2D eigenvalue weighted by Gasteiger charge is -2.24. The summed E-state index contributed by atoms with van der Waals surface area (Å²) < 4.78 is 7.16. The van der Waals surface area contributed by atoms with Crippen molar-refractivity contribution >= 4 is 17.8 Å². The SMILES string of the molecule is C/C(=C\c1ccco1)C1CC(=O)Nc2c1cnn2-c1ccccc1. The van der Waals surface area contributed by atoms with Crippen molar-refractivity contribution in [2.24, 2.45) is 0 Å². The summed E-state index contributed by atoms with van der Waals surface area (Å²) in [5.41, 5.74) is 3.03. The molecular formula is C19H17N3O2. The molecule has 1 amide bonds. The Kier molecular flexibility index (Phi) is 3.54. The average molecular weight is 319 g/mol. The molecule has 1 aromatic carbocycles. The molecule has 0 spiro atoms. The minimum Gasteiger partial charge on any atom is -0.465 e. The number of furan rings is 1. The summed E-state index contributed by atoms with van der Waals surface area (Å²) in [6.07, 6.45) is 5.88. The normalized spacial score (nSPS) is 17.5. The predicted molar refractivity (Wildman–Crippen MR) is 91.9 cm³/mol. The number of nitrogens with zero attached hydrogens (tertiary/aromatic N) is 2. The van der Waals surface area contributed by atoms with Gasteiger partial charge in [-0.15, -0.1) is 0 Å². The van der Waals surface area contributed by atoms with E-state index in [1.807, 2.05) is 61.7 Å². The molecule has 1 aliphatic heterocycles. The molecule has 0 bridgehead atoms. The lowest BCUT2D eigenvalue weighted by atomic mass is 9.87. The van der Waals surface area contributed by atoms with E-state index in [4.69, 9.17) is 4.42 Å². The lowest BCUT2D eigenvalue weighted by Crippen LogP contribution is -2.24. The molecule has 2 aromatic heterocycles. The highest BCUT2D eigenvalue weighted by molar-refractivity contribution is 5.94. The predicted octanol–water partition coefficient (Wildman–Crippen LogP) is 3.99. The number of hydrogen-bond acceptors (Lipinski definition) is 3. The molecule has 4 rings (SSSR count). The first-order valence-corrected chi connectivity index (χ1v) is 7.87. The Morgan fingerprint density at radius 3 is 2.88 bits per heavy atom. The first kappa shape index (κ1) is 14.5. The van der Waals surface area contributed by atoms with E-state index in [1.165, 1.54) is 0 Å². The zero-order chi connectivity index (χ0) is 16.5. The summed E-state index contributed by atoms with van der Waals surface area (Å²) in [5.74, 6) is 1.53. The van der Waals surface area contributed by atoms with E-state index in [0.29, 0.717) is 6.42 Å². The number of fused-ring (bicyclic) bond motifs is 1. The molecular weight excluding hydrogens is 302 g/mol. The molecule has 1 atom stereocenters. The van der Waals surface area contributed by atoms with Gasteiger partial charge in [0.2, 0.25) is 5.91 Å². The fourth-order valence-electron chi connectivity index (χ4n) is 3.09. The molecule has 5 nitrogen and oxygen atoms in total. The van der Waals surface area contributed by atoms with Crippen molar-refractivity contribution < 1.29 is 9.21 Å². The maximum absolute atomic E-state index is 12.2. The second kappa shape index (κ2) is 5.85. The molecule has 1 aliphatic rings. The van der Waals surface area contributed by atoms with E-state index >= 15 is 0 Å². The summed E-state index contributed by atoms with van der Waals surface area (Å²) in [4.78, 5) is 12.2. The zero-order valence-corrected chi connectivity index (χ0v) is 13.3. The molecule has 3 aromatic rings. The van der Waals surface area contributed by atoms with Crippen molar-refractivity contribution in [1.29, 1.82) is 0 Å². The van der Waals surface area contributed by atoms with Crippen LogP contribution in [0.25, 0.3) is 11.8 Å². The smallest absolute Gasteiger partial charge is 0.226 e. The van der Waals surface area contributed by atoms with Gasteiger partial charge in [0, 0.05) is 17.9 Å². The number of allylic oxidation sites excluding steroid dienone is 1. The van der Waals surface area contributed by atoms with E-state index in [0.717, 1.165) is 28.4 Å². The Balaban J connectivity index is 1.76. The molecule has 0 aliphatic carbocycles. The Bertz CT molecular complexity index is 892. The number of hydrogen-bond donors (Lipinski definition) is 1.